The Kier molecular flexibility index (Phi) is 6.58. The molecule has 0 aliphatic heterocycles. The Balaban J connectivity index is 1.81. The predicted octanol–water partition coefficient (Wildman–Crippen LogP) is 4.11. The minimum Gasteiger partial charge on any atom is -0.494 e. The molecule has 0 aliphatic carbocycles. The van der Waals surface area contributed by atoms with Gasteiger partial charge in [0.25, 0.3) is 0 Å². The summed E-state index contributed by atoms with van der Waals surface area (Å²) in [7, 11) is 0. The molecule has 0 saturated heterocycles. The maximum Gasteiger partial charge on any atom is 0.126 e. The molecule has 2 aromatic carbocycles. The van der Waals surface area contributed by atoms with Crippen LogP contribution in [0.15, 0.2) is 42.5 Å². The highest BCUT2D eigenvalue weighted by Crippen LogP contribution is 2.14. The average Bonchev–Trinajstić information content (AvgIpc) is 2.55. The van der Waals surface area contributed by atoms with Crippen molar-refractivity contribution < 1.29 is 9.13 Å². The maximum atomic E-state index is 13.2. The van der Waals surface area contributed by atoms with E-state index < -0.39 is 0 Å². The summed E-state index contributed by atoms with van der Waals surface area (Å²) in [4.78, 5) is 0. The van der Waals surface area contributed by atoms with E-state index in [0.29, 0.717) is 31.7 Å². The first kappa shape index (κ1) is 17.0. The Hall–Kier alpha value is -2.38. The topological polar surface area (TPSA) is 45.0 Å². The summed E-state index contributed by atoms with van der Waals surface area (Å²) in [6.45, 7) is 3.73. The molecule has 0 aromatic heterocycles. The van der Waals surface area contributed by atoms with Gasteiger partial charge in [-0.1, -0.05) is 24.3 Å². The summed E-state index contributed by atoms with van der Waals surface area (Å²) in [5, 5.41) is 11.8. The van der Waals surface area contributed by atoms with Crippen LogP contribution in [0.5, 0.6) is 5.75 Å². The summed E-state index contributed by atoms with van der Waals surface area (Å²) in [6, 6.07) is 15.2. The summed E-state index contributed by atoms with van der Waals surface area (Å²) in [5.74, 6) is 0.648. The van der Waals surface area contributed by atoms with Gasteiger partial charge in [0.15, 0.2) is 0 Å². The molecule has 2 aromatic rings. The molecule has 0 spiro atoms. The van der Waals surface area contributed by atoms with E-state index in [1.807, 2.05) is 30.3 Å². The summed E-state index contributed by atoms with van der Waals surface area (Å²) < 4.78 is 18.9. The molecule has 0 fully saturated rings. The van der Waals surface area contributed by atoms with E-state index in [9.17, 15) is 4.39 Å². The van der Waals surface area contributed by atoms with Crippen molar-refractivity contribution in [1.29, 1.82) is 5.26 Å². The van der Waals surface area contributed by atoms with Crippen molar-refractivity contribution in [3.05, 3.63) is 65.0 Å². The molecule has 0 amide bonds. The van der Waals surface area contributed by atoms with Crippen LogP contribution >= 0.6 is 0 Å². The number of ether oxygens (including phenoxy) is 1. The van der Waals surface area contributed by atoms with Gasteiger partial charge in [0.05, 0.1) is 12.7 Å². The Morgan fingerprint density at radius 3 is 2.65 bits per heavy atom. The van der Waals surface area contributed by atoms with Crippen LogP contribution in [0.4, 0.5) is 4.39 Å². The quantitative estimate of drug-likeness (QED) is 0.746. The molecule has 4 heteroatoms. The smallest absolute Gasteiger partial charge is 0.126 e. The van der Waals surface area contributed by atoms with Gasteiger partial charge in [0.1, 0.15) is 11.6 Å². The molecular weight excluding hydrogens is 291 g/mol. The number of hydrogen-bond acceptors (Lipinski definition) is 3. The highest BCUT2D eigenvalue weighted by molar-refractivity contribution is 5.29. The first-order valence-electron chi connectivity index (χ1n) is 7.73. The molecule has 0 bridgehead atoms. The zero-order chi connectivity index (χ0) is 16.5. The van der Waals surface area contributed by atoms with Crippen LogP contribution in [0, 0.1) is 24.1 Å². The lowest BCUT2D eigenvalue weighted by molar-refractivity contribution is 0.312. The van der Waals surface area contributed by atoms with Crippen LogP contribution < -0.4 is 10.1 Å². The minimum absolute atomic E-state index is 0.171. The second-order valence-electron chi connectivity index (χ2n) is 5.44. The van der Waals surface area contributed by atoms with Crippen molar-refractivity contribution in [2.24, 2.45) is 0 Å². The highest BCUT2D eigenvalue weighted by Gasteiger charge is 2.00. The van der Waals surface area contributed by atoms with Gasteiger partial charge in [-0.3, -0.25) is 0 Å². The van der Waals surface area contributed by atoms with E-state index in [2.05, 4.69) is 11.4 Å². The van der Waals surface area contributed by atoms with Gasteiger partial charge in [-0.05, 0) is 48.2 Å². The summed E-state index contributed by atoms with van der Waals surface area (Å²) in [6.07, 6.45) is 1.25. The average molecular weight is 312 g/mol. The standard InChI is InChI=1S/C19H21FN2O/c1-15-11-17(7-8-19(15)20)14-22-13-16-5-4-6-18(12-16)23-10-3-2-9-21/h4-8,11-12,22H,2-3,10,13-14H2,1H3. The number of rotatable bonds is 8. The third-order valence-corrected chi connectivity index (χ3v) is 3.48. The number of nitrogens with one attached hydrogen (secondary N) is 1. The number of nitrogens with zero attached hydrogens (tertiary/aromatic N) is 1. The minimum atomic E-state index is -0.171. The summed E-state index contributed by atoms with van der Waals surface area (Å²) >= 11 is 0. The largest absolute Gasteiger partial charge is 0.494 e. The molecule has 0 aliphatic rings. The molecule has 23 heavy (non-hydrogen) atoms. The third-order valence-electron chi connectivity index (χ3n) is 3.48. The van der Waals surface area contributed by atoms with Crippen molar-refractivity contribution in [3.63, 3.8) is 0 Å². The van der Waals surface area contributed by atoms with E-state index in [4.69, 9.17) is 10.00 Å². The van der Waals surface area contributed by atoms with Crippen LogP contribution in [0.25, 0.3) is 0 Å². The summed E-state index contributed by atoms with van der Waals surface area (Å²) in [5.41, 5.74) is 2.85. The maximum absolute atomic E-state index is 13.2. The van der Waals surface area contributed by atoms with E-state index in [1.165, 1.54) is 6.07 Å². The van der Waals surface area contributed by atoms with Crippen molar-refractivity contribution in [1.82, 2.24) is 5.32 Å². The molecule has 0 unspecified atom stereocenters. The van der Waals surface area contributed by atoms with Crippen LogP contribution in [0.3, 0.4) is 0 Å². The zero-order valence-electron chi connectivity index (χ0n) is 13.3. The molecular formula is C19H21FN2O. The number of hydrogen-bond donors (Lipinski definition) is 1. The molecule has 0 saturated carbocycles. The van der Waals surface area contributed by atoms with Gasteiger partial charge in [-0.25, -0.2) is 4.39 Å². The van der Waals surface area contributed by atoms with Gasteiger partial charge < -0.3 is 10.1 Å². The van der Waals surface area contributed by atoms with E-state index in [0.717, 1.165) is 23.3 Å². The molecule has 2 rings (SSSR count). The molecule has 120 valence electrons. The number of unbranched alkanes of at least 4 members (excludes halogenated alkanes) is 1. The van der Waals surface area contributed by atoms with Crippen molar-refractivity contribution >= 4 is 0 Å². The molecule has 0 radical (unpaired) electrons. The first-order valence-corrected chi connectivity index (χ1v) is 7.73. The van der Waals surface area contributed by atoms with Crippen LogP contribution in [-0.2, 0) is 13.1 Å². The molecule has 3 nitrogen and oxygen atoms in total. The van der Waals surface area contributed by atoms with E-state index in [-0.39, 0.29) is 5.82 Å². The lowest BCUT2D eigenvalue weighted by Crippen LogP contribution is -2.13. The Morgan fingerprint density at radius 1 is 1.13 bits per heavy atom. The second kappa shape index (κ2) is 8.92. The molecule has 0 heterocycles. The van der Waals surface area contributed by atoms with Crippen molar-refractivity contribution in [2.75, 3.05) is 6.61 Å². The number of benzene rings is 2. The SMILES string of the molecule is Cc1cc(CNCc2cccc(OCCCC#N)c2)ccc1F. The lowest BCUT2D eigenvalue weighted by Gasteiger charge is -2.09. The highest BCUT2D eigenvalue weighted by atomic mass is 19.1. The van der Waals surface area contributed by atoms with Crippen LogP contribution in [-0.4, -0.2) is 6.61 Å². The van der Waals surface area contributed by atoms with Gasteiger partial charge >= 0.3 is 0 Å². The zero-order valence-corrected chi connectivity index (χ0v) is 13.3. The molecule has 0 atom stereocenters. The second-order valence-corrected chi connectivity index (χ2v) is 5.44. The number of nitriles is 1. The van der Waals surface area contributed by atoms with Gasteiger partial charge in [-0.2, -0.15) is 5.26 Å². The fraction of sp³-hybridized carbons (Fsp3) is 0.316. The predicted molar refractivity (Wildman–Crippen MR) is 88.5 cm³/mol. The lowest BCUT2D eigenvalue weighted by atomic mass is 10.1. The Morgan fingerprint density at radius 2 is 1.91 bits per heavy atom. The van der Waals surface area contributed by atoms with Crippen molar-refractivity contribution in [3.8, 4) is 11.8 Å². The fourth-order valence-electron chi connectivity index (χ4n) is 2.25. The van der Waals surface area contributed by atoms with E-state index >= 15 is 0 Å². The number of halogens is 1. The number of aryl methyl sites for hydroxylation is 1. The Bertz CT molecular complexity index is 679. The van der Waals surface area contributed by atoms with E-state index in [1.54, 1.807) is 13.0 Å². The van der Waals surface area contributed by atoms with Gasteiger partial charge in [-0.15, -0.1) is 0 Å². The van der Waals surface area contributed by atoms with Crippen LogP contribution in [0.2, 0.25) is 0 Å². The van der Waals surface area contributed by atoms with Gasteiger partial charge in [0, 0.05) is 19.5 Å². The van der Waals surface area contributed by atoms with Gasteiger partial charge in [0.2, 0.25) is 0 Å². The normalized spacial score (nSPS) is 10.3. The third kappa shape index (κ3) is 5.72. The van der Waals surface area contributed by atoms with Crippen LogP contribution in [0.1, 0.15) is 29.5 Å². The Labute approximate surface area is 136 Å². The first-order chi connectivity index (χ1) is 11.2. The van der Waals surface area contributed by atoms with Crippen molar-refractivity contribution in [2.45, 2.75) is 32.9 Å². The fourth-order valence-corrected chi connectivity index (χ4v) is 2.25. The molecule has 1 N–H and O–H groups in total. The monoisotopic (exact) mass is 312 g/mol.